The number of Topliss-reactive ketones (excluding diaryl/α,β-unsaturated/α-hetero) is 1. The van der Waals surface area contributed by atoms with Gasteiger partial charge in [-0.3, -0.25) is 14.6 Å². The minimum Gasteiger partial charge on any atom is -0.444 e. The first-order valence-electron chi connectivity index (χ1n) is 13.4. The summed E-state index contributed by atoms with van der Waals surface area (Å²) in [5.74, 6) is -0.102. The van der Waals surface area contributed by atoms with E-state index in [1.54, 1.807) is 25.7 Å². The van der Waals surface area contributed by atoms with Crippen LogP contribution in [0.4, 0.5) is 9.59 Å². The number of amides is 2. The molecule has 0 spiro atoms. The Labute approximate surface area is 228 Å². The average Bonchev–Trinajstić information content (AvgIpc) is 3.09. The van der Waals surface area contributed by atoms with Gasteiger partial charge < -0.3 is 23.7 Å². The molecule has 3 saturated heterocycles. The summed E-state index contributed by atoms with van der Waals surface area (Å²) in [6.07, 6.45) is 2.32. The molecule has 0 saturated carbocycles. The smallest absolute Gasteiger partial charge is 0.411 e. The van der Waals surface area contributed by atoms with Gasteiger partial charge in [0.05, 0.1) is 44.6 Å². The van der Waals surface area contributed by atoms with Crippen LogP contribution in [-0.4, -0.2) is 103 Å². The van der Waals surface area contributed by atoms with E-state index in [0.29, 0.717) is 32.5 Å². The normalized spacial score (nSPS) is 24.7. The molecule has 3 heterocycles. The number of rotatable bonds is 0. The van der Waals surface area contributed by atoms with Crippen LogP contribution >= 0.6 is 0 Å². The monoisotopic (exact) mass is 542 g/mol. The molecule has 3 aliphatic rings. The average molecular weight is 543 g/mol. The molecule has 10 heteroatoms. The Morgan fingerprint density at radius 2 is 1.32 bits per heavy atom. The van der Waals surface area contributed by atoms with Crippen LogP contribution in [0.3, 0.4) is 0 Å². The number of ketones is 1. The molecule has 0 bridgehead atoms. The molecule has 0 aromatic heterocycles. The Morgan fingerprint density at radius 1 is 0.842 bits per heavy atom. The largest absolute Gasteiger partial charge is 0.444 e. The highest BCUT2D eigenvalue weighted by Gasteiger charge is 2.30. The summed E-state index contributed by atoms with van der Waals surface area (Å²) >= 11 is 0. The van der Waals surface area contributed by atoms with Crippen LogP contribution in [-0.2, 0) is 28.5 Å². The Morgan fingerprint density at radius 3 is 1.71 bits per heavy atom. The van der Waals surface area contributed by atoms with Crippen LogP contribution in [0, 0.1) is 0 Å². The summed E-state index contributed by atoms with van der Waals surface area (Å²) in [5, 5.41) is 0. The molecular weight excluding hydrogens is 492 g/mol. The summed E-state index contributed by atoms with van der Waals surface area (Å²) in [5.41, 5.74) is -0.117. The summed E-state index contributed by atoms with van der Waals surface area (Å²) in [4.78, 5) is 38.2. The minimum atomic E-state index is -0.549. The summed E-state index contributed by atoms with van der Waals surface area (Å²) in [6.45, 7) is 23.8. The Kier molecular flexibility index (Phi) is 13.7. The lowest BCUT2D eigenvalue weighted by atomic mass is 10.2. The van der Waals surface area contributed by atoms with E-state index in [0.717, 1.165) is 12.2 Å². The standard InChI is InChI=1S/C12H21NO3.C11H19NO4.C5H10O/c1-9-6-13(10(2)8-15-7-9)11(14)16-12(3,4)5;1-8-6-15-7-9(13)5-12(8)10(14)16-11(2,3)4;1-5-3-2-4-6-5/h10H,1,6-8H2,2-5H3;8H,5-7H2,1-4H3;5H,2-4H2,1H3. The fourth-order valence-electron chi connectivity index (χ4n) is 3.60. The molecule has 220 valence electrons. The van der Waals surface area contributed by atoms with Crippen LogP contribution in [0.15, 0.2) is 12.2 Å². The highest BCUT2D eigenvalue weighted by molar-refractivity contribution is 5.85. The molecule has 3 aliphatic heterocycles. The molecule has 0 N–H and O–H groups in total. The fourth-order valence-corrected chi connectivity index (χ4v) is 3.60. The second-order valence-electron chi connectivity index (χ2n) is 12.1. The third kappa shape index (κ3) is 14.1. The molecule has 3 fully saturated rings. The Hall–Kier alpha value is -2.17. The van der Waals surface area contributed by atoms with Crippen molar-refractivity contribution < 1.29 is 38.1 Å². The molecule has 0 aliphatic carbocycles. The maximum absolute atomic E-state index is 11.9. The number of hydrogen-bond donors (Lipinski definition) is 0. The lowest BCUT2D eigenvalue weighted by molar-refractivity contribution is -0.122. The topological polar surface area (TPSA) is 104 Å². The van der Waals surface area contributed by atoms with Crippen molar-refractivity contribution in [1.82, 2.24) is 9.80 Å². The second kappa shape index (κ2) is 15.4. The zero-order valence-corrected chi connectivity index (χ0v) is 25.0. The van der Waals surface area contributed by atoms with E-state index in [-0.39, 0.29) is 37.1 Å². The first kappa shape index (κ1) is 33.9. The van der Waals surface area contributed by atoms with E-state index in [9.17, 15) is 14.4 Å². The predicted octanol–water partition coefficient (Wildman–Crippen LogP) is 4.60. The van der Waals surface area contributed by atoms with E-state index >= 15 is 0 Å². The maximum atomic E-state index is 11.9. The van der Waals surface area contributed by atoms with Gasteiger partial charge in [-0.2, -0.15) is 0 Å². The molecule has 0 aromatic rings. The number of carbonyl (C=O) groups is 3. The van der Waals surface area contributed by atoms with Gasteiger partial charge in [-0.25, -0.2) is 9.59 Å². The SMILES string of the molecule is C=C1COCC(C)N(C(=O)OC(C)(C)C)C1.CC1CCCO1.CC1COCC(=O)CN1C(=O)OC(C)(C)C. The van der Waals surface area contributed by atoms with Gasteiger partial charge in [-0.1, -0.05) is 6.58 Å². The van der Waals surface area contributed by atoms with Crippen molar-refractivity contribution in [2.75, 3.05) is 46.1 Å². The lowest BCUT2D eigenvalue weighted by Gasteiger charge is -2.29. The Bertz CT molecular complexity index is 723. The first-order valence-corrected chi connectivity index (χ1v) is 13.4. The quantitative estimate of drug-likeness (QED) is 0.409. The molecule has 38 heavy (non-hydrogen) atoms. The van der Waals surface area contributed by atoms with Crippen molar-refractivity contribution in [2.45, 2.75) is 105 Å². The van der Waals surface area contributed by atoms with Gasteiger partial charge >= 0.3 is 12.2 Å². The van der Waals surface area contributed by atoms with Gasteiger partial charge in [0.2, 0.25) is 0 Å². The molecule has 0 radical (unpaired) electrons. The van der Waals surface area contributed by atoms with Crippen LogP contribution < -0.4 is 0 Å². The highest BCUT2D eigenvalue weighted by atomic mass is 16.6. The van der Waals surface area contributed by atoms with Crippen LogP contribution in [0.5, 0.6) is 0 Å². The van der Waals surface area contributed by atoms with E-state index in [4.69, 9.17) is 23.7 Å². The van der Waals surface area contributed by atoms with Gasteiger partial charge in [0.25, 0.3) is 0 Å². The third-order valence-corrected chi connectivity index (χ3v) is 5.51. The van der Waals surface area contributed by atoms with Crippen molar-refractivity contribution in [3.8, 4) is 0 Å². The number of carbonyl (C=O) groups excluding carboxylic acids is 3. The third-order valence-electron chi connectivity index (χ3n) is 5.51. The van der Waals surface area contributed by atoms with Crippen molar-refractivity contribution in [3.63, 3.8) is 0 Å². The van der Waals surface area contributed by atoms with Gasteiger partial charge in [0, 0.05) is 13.2 Å². The predicted molar refractivity (Wildman–Crippen MR) is 145 cm³/mol. The second-order valence-corrected chi connectivity index (χ2v) is 12.1. The fraction of sp³-hybridized carbons (Fsp3) is 0.821. The minimum absolute atomic E-state index is 0.0223. The van der Waals surface area contributed by atoms with Gasteiger partial charge in [-0.05, 0) is 80.7 Å². The van der Waals surface area contributed by atoms with Crippen LogP contribution in [0.2, 0.25) is 0 Å². The molecule has 0 aromatic carbocycles. The summed E-state index contributed by atoms with van der Waals surface area (Å²) < 4.78 is 26.2. The lowest BCUT2D eigenvalue weighted by Crippen LogP contribution is -2.44. The molecule has 2 amide bonds. The summed E-state index contributed by atoms with van der Waals surface area (Å²) in [7, 11) is 0. The van der Waals surface area contributed by atoms with E-state index in [1.807, 2.05) is 34.6 Å². The molecule has 3 unspecified atom stereocenters. The van der Waals surface area contributed by atoms with Crippen molar-refractivity contribution in [2.24, 2.45) is 0 Å². The molecule has 3 atom stereocenters. The first-order chi connectivity index (χ1) is 17.5. The molecular formula is C28H50N2O8. The summed E-state index contributed by atoms with van der Waals surface area (Å²) in [6, 6.07) is -0.115. The van der Waals surface area contributed by atoms with Gasteiger partial charge in [-0.15, -0.1) is 0 Å². The number of ether oxygens (including phenoxy) is 5. The highest BCUT2D eigenvalue weighted by Crippen LogP contribution is 2.16. The number of nitrogens with zero attached hydrogens (tertiary/aromatic N) is 2. The van der Waals surface area contributed by atoms with E-state index in [2.05, 4.69) is 13.5 Å². The van der Waals surface area contributed by atoms with Crippen LogP contribution in [0.1, 0.15) is 75.2 Å². The van der Waals surface area contributed by atoms with Crippen molar-refractivity contribution in [1.29, 1.82) is 0 Å². The molecule has 10 nitrogen and oxygen atoms in total. The van der Waals surface area contributed by atoms with E-state index < -0.39 is 17.3 Å². The van der Waals surface area contributed by atoms with Crippen LogP contribution in [0.25, 0.3) is 0 Å². The van der Waals surface area contributed by atoms with Gasteiger partial charge in [0.15, 0.2) is 5.78 Å². The maximum Gasteiger partial charge on any atom is 0.411 e. The zero-order chi connectivity index (χ0) is 29.1. The van der Waals surface area contributed by atoms with E-state index in [1.165, 1.54) is 17.7 Å². The van der Waals surface area contributed by atoms with Crippen molar-refractivity contribution >= 4 is 18.0 Å². The van der Waals surface area contributed by atoms with Gasteiger partial charge in [0.1, 0.15) is 17.8 Å². The Balaban J connectivity index is 0.000000312. The number of hydrogen-bond acceptors (Lipinski definition) is 8. The zero-order valence-electron chi connectivity index (χ0n) is 25.0. The van der Waals surface area contributed by atoms with Crippen molar-refractivity contribution in [3.05, 3.63) is 12.2 Å². The molecule has 3 rings (SSSR count).